The molecule has 186 valence electrons. The van der Waals surface area contributed by atoms with E-state index in [1.807, 2.05) is 6.92 Å². The lowest BCUT2D eigenvalue weighted by molar-refractivity contribution is -0.165. The minimum atomic E-state index is -4.46. The Bertz CT molecular complexity index is 1410. The number of benzene rings is 1. The van der Waals surface area contributed by atoms with Crippen molar-refractivity contribution in [3.63, 3.8) is 0 Å². The molecule has 4 aromatic rings. The predicted molar refractivity (Wildman–Crippen MR) is 119 cm³/mol. The summed E-state index contributed by atoms with van der Waals surface area (Å²) in [5.41, 5.74) is 1.12. The highest BCUT2D eigenvalue weighted by atomic mass is 19.4. The average molecular weight is 500 g/mol. The van der Waals surface area contributed by atoms with E-state index in [9.17, 15) is 22.4 Å². The first-order chi connectivity index (χ1) is 17.1. The van der Waals surface area contributed by atoms with Crippen LogP contribution in [-0.4, -0.2) is 37.4 Å². The largest absolute Gasteiger partial charge is 0.401 e. The average Bonchev–Trinajstić information content (AvgIpc) is 3.39. The van der Waals surface area contributed by atoms with E-state index in [1.54, 1.807) is 24.7 Å². The predicted octanol–water partition coefficient (Wildman–Crippen LogP) is 4.67. The highest BCUT2D eigenvalue weighted by Gasteiger charge is 2.66. The van der Waals surface area contributed by atoms with Gasteiger partial charge in [0, 0.05) is 41.7 Å². The van der Waals surface area contributed by atoms with E-state index in [1.165, 1.54) is 12.1 Å². The quantitative estimate of drug-likeness (QED) is 0.357. The zero-order valence-corrected chi connectivity index (χ0v) is 19.0. The molecule has 1 amide bonds. The Hall–Kier alpha value is -4.09. The van der Waals surface area contributed by atoms with E-state index in [2.05, 4.69) is 30.6 Å². The summed E-state index contributed by atoms with van der Waals surface area (Å²) in [5, 5.41) is 12.7. The summed E-state index contributed by atoms with van der Waals surface area (Å²) in [6, 6.07) is 5.44. The van der Waals surface area contributed by atoms with Gasteiger partial charge in [-0.3, -0.25) is 9.89 Å². The number of rotatable bonds is 7. The summed E-state index contributed by atoms with van der Waals surface area (Å²) >= 11 is 0. The van der Waals surface area contributed by atoms with Crippen molar-refractivity contribution in [2.45, 2.75) is 44.2 Å². The molecule has 0 bridgehead atoms. The van der Waals surface area contributed by atoms with Gasteiger partial charge in [0.25, 0.3) is 0 Å². The normalized spacial score (nSPS) is 14.6. The maximum absolute atomic E-state index is 14.7. The molecule has 0 saturated heterocycles. The maximum atomic E-state index is 14.7. The van der Waals surface area contributed by atoms with Crippen LogP contribution in [0.2, 0.25) is 0 Å². The fourth-order valence-corrected chi connectivity index (χ4v) is 3.90. The molecule has 0 radical (unpaired) electrons. The van der Waals surface area contributed by atoms with Crippen molar-refractivity contribution in [2.24, 2.45) is 0 Å². The van der Waals surface area contributed by atoms with E-state index >= 15 is 0 Å². The molecule has 5 rings (SSSR count). The molecule has 1 saturated carbocycles. The van der Waals surface area contributed by atoms with Crippen molar-refractivity contribution in [1.29, 1.82) is 0 Å². The van der Waals surface area contributed by atoms with Gasteiger partial charge in [0.15, 0.2) is 11.6 Å². The lowest BCUT2D eigenvalue weighted by Gasteiger charge is -2.14. The minimum absolute atomic E-state index is 0.0888. The molecule has 3 aromatic heterocycles. The van der Waals surface area contributed by atoms with Gasteiger partial charge < -0.3 is 9.84 Å². The van der Waals surface area contributed by atoms with Gasteiger partial charge in [-0.2, -0.15) is 18.3 Å². The number of H-pyrrole nitrogens is 1. The van der Waals surface area contributed by atoms with Crippen molar-refractivity contribution < 1.29 is 26.9 Å². The van der Waals surface area contributed by atoms with Gasteiger partial charge in [-0.1, -0.05) is 17.3 Å². The first-order valence-electron chi connectivity index (χ1n) is 11.1. The number of carbonyl (C=O) groups is 1. The van der Waals surface area contributed by atoms with E-state index in [0.717, 1.165) is 17.3 Å². The second-order valence-electron chi connectivity index (χ2n) is 8.77. The third-order valence-corrected chi connectivity index (χ3v) is 6.27. The minimum Gasteiger partial charge on any atom is -0.358 e. The van der Waals surface area contributed by atoms with Gasteiger partial charge in [-0.25, -0.2) is 14.4 Å². The molecule has 0 aliphatic heterocycles. The van der Waals surface area contributed by atoms with Gasteiger partial charge in [-0.15, -0.1) is 0 Å². The van der Waals surface area contributed by atoms with Crippen LogP contribution in [0.15, 0.2) is 47.4 Å². The molecule has 1 fully saturated rings. The lowest BCUT2D eigenvalue weighted by atomic mass is 10.0. The van der Waals surface area contributed by atoms with E-state index in [-0.39, 0.29) is 36.4 Å². The number of aromatic amines is 1. The van der Waals surface area contributed by atoms with Crippen LogP contribution in [0.3, 0.4) is 0 Å². The fourth-order valence-electron chi connectivity index (χ4n) is 3.90. The number of nitrogens with zero attached hydrogens (tertiary/aromatic N) is 4. The number of aromatic nitrogens is 5. The molecule has 1 aliphatic rings. The van der Waals surface area contributed by atoms with Crippen molar-refractivity contribution in [3.05, 3.63) is 77.1 Å². The van der Waals surface area contributed by atoms with Gasteiger partial charge in [-0.05, 0) is 37.0 Å². The third-order valence-electron chi connectivity index (χ3n) is 6.27. The van der Waals surface area contributed by atoms with Gasteiger partial charge in [0.1, 0.15) is 17.1 Å². The first-order valence-corrected chi connectivity index (χ1v) is 11.1. The summed E-state index contributed by atoms with van der Waals surface area (Å²) < 4.78 is 59.2. The molecular weight excluding hydrogens is 480 g/mol. The number of halogens is 4. The lowest BCUT2D eigenvalue weighted by Crippen LogP contribution is -2.28. The Morgan fingerprint density at radius 3 is 2.47 bits per heavy atom. The maximum Gasteiger partial charge on any atom is 0.401 e. The SMILES string of the molecule is Cc1[nH]ncc1Cc1ncc(-c2ccc(CC(=O)Nc3cc(C4(C(F)(F)F)CC4)on3)c(F)c2)cn1. The summed E-state index contributed by atoms with van der Waals surface area (Å²) in [4.78, 5) is 21.0. The van der Waals surface area contributed by atoms with Crippen LogP contribution >= 0.6 is 0 Å². The van der Waals surface area contributed by atoms with Crippen LogP contribution < -0.4 is 5.32 Å². The van der Waals surface area contributed by atoms with Crippen molar-refractivity contribution in [1.82, 2.24) is 25.3 Å². The van der Waals surface area contributed by atoms with E-state index in [0.29, 0.717) is 23.4 Å². The number of anilines is 1. The van der Waals surface area contributed by atoms with Gasteiger partial charge in [0.05, 0.1) is 12.6 Å². The second kappa shape index (κ2) is 8.85. The van der Waals surface area contributed by atoms with Crippen LogP contribution in [0.1, 0.15) is 41.2 Å². The van der Waals surface area contributed by atoms with Crippen LogP contribution in [0.5, 0.6) is 0 Å². The Labute approximate surface area is 202 Å². The smallest absolute Gasteiger partial charge is 0.358 e. The van der Waals surface area contributed by atoms with Crippen LogP contribution in [0.4, 0.5) is 23.4 Å². The molecule has 0 unspecified atom stereocenters. The van der Waals surface area contributed by atoms with Crippen molar-refractivity contribution in [2.75, 3.05) is 5.32 Å². The van der Waals surface area contributed by atoms with Crippen LogP contribution in [-0.2, 0) is 23.1 Å². The number of hydrogen-bond donors (Lipinski definition) is 2. The fraction of sp³-hybridized carbons (Fsp3) is 0.292. The van der Waals surface area contributed by atoms with Crippen LogP contribution in [0, 0.1) is 12.7 Å². The Kier molecular flexibility index (Phi) is 5.81. The van der Waals surface area contributed by atoms with Gasteiger partial charge in [0.2, 0.25) is 5.91 Å². The number of carbonyl (C=O) groups excluding carboxylic acids is 1. The summed E-state index contributed by atoms with van der Waals surface area (Å²) in [5.74, 6) is -1.15. The molecule has 2 N–H and O–H groups in total. The second-order valence-corrected chi connectivity index (χ2v) is 8.77. The van der Waals surface area contributed by atoms with Gasteiger partial charge >= 0.3 is 6.18 Å². The van der Waals surface area contributed by atoms with Crippen molar-refractivity contribution >= 4 is 11.7 Å². The molecule has 1 aromatic carbocycles. The Morgan fingerprint density at radius 1 is 1.11 bits per heavy atom. The molecule has 12 heteroatoms. The summed E-state index contributed by atoms with van der Waals surface area (Å²) in [6.45, 7) is 1.90. The van der Waals surface area contributed by atoms with Crippen molar-refractivity contribution in [3.8, 4) is 11.1 Å². The Morgan fingerprint density at radius 2 is 1.86 bits per heavy atom. The number of nitrogens with one attached hydrogen (secondary N) is 2. The topological polar surface area (TPSA) is 110 Å². The highest BCUT2D eigenvalue weighted by molar-refractivity contribution is 5.91. The summed E-state index contributed by atoms with van der Waals surface area (Å²) in [7, 11) is 0. The molecular formula is C24H20F4N6O2. The zero-order valence-electron chi connectivity index (χ0n) is 19.0. The van der Waals surface area contributed by atoms with Crippen LogP contribution in [0.25, 0.3) is 11.1 Å². The zero-order chi connectivity index (χ0) is 25.5. The highest BCUT2D eigenvalue weighted by Crippen LogP contribution is 2.59. The summed E-state index contributed by atoms with van der Waals surface area (Å²) in [6.07, 6.45) is 0.438. The molecule has 1 aliphatic carbocycles. The Balaban J connectivity index is 1.22. The molecule has 36 heavy (non-hydrogen) atoms. The van der Waals surface area contributed by atoms with E-state index < -0.39 is 23.3 Å². The first kappa shape index (κ1) is 23.6. The number of hydrogen-bond acceptors (Lipinski definition) is 6. The molecule has 3 heterocycles. The molecule has 8 nitrogen and oxygen atoms in total. The third kappa shape index (κ3) is 4.58. The monoisotopic (exact) mass is 500 g/mol. The van der Waals surface area contributed by atoms with E-state index in [4.69, 9.17) is 4.52 Å². The number of amides is 1. The molecule has 0 spiro atoms. The number of aryl methyl sites for hydroxylation is 1. The molecule has 0 atom stereocenters. The number of alkyl halides is 3. The standard InChI is InChI=1S/C24H20F4N6O2/c1-13-16(12-31-33-13)7-20-29-10-17(11-30-20)14-2-3-15(18(25)6-14)8-22(35)32-21-9-19(36-34-21)23(4-5-23)24(26,27)28/h2-3,6,9-12H,4-5,7-8H2,1H3,(H,31,33)(H,32,34,35).